The maximum atomic E-state index is 13.8. The Morgan fingerprint density at radius 3 is 2.55 bits per heavy atom. The van der Waals surface area contributed by atoms with Crippen LogP contribution in [-0.2, 0) is 12.0 Å². The molecular weight excluding hydrogens is 305 g/mol. The molecule has 1 atom stereocenters. The maximum Gasteiger partial charge on any atom is 0.164 e. The molecule has 0 radical (unpaired) electrons. The molecule has 1 N–H and O–H groups in total. The van der Waals surface area contributed by atoms with Crippen molar-refractivity contribution in [1.29, 1.82) is 0 Å². The molecule has 0 aromatic heterocycles. The van der Waals surface area contributed by atoms with E-state index in [2.05, 4.69) is 0 Å². The first kappa shape index (κ1) is 15.2. The zero-order valence-electron chi connectivity index (χ0n) is 10.6. The van der Waals surface area contributed by atoms with E-state index in [1.54, 1.807) is 18.2 Å². The summed E-state index contributed by atoms with van der Waals surface area (Å²) in [6, 6.07) is 8.50. The lowest BCUT2D eigenvalue weighted by atomic mass is 9.88. The summed E-state index contributed by atoms with van der Waals surface area (Å²) in [4.78, 5) is 0. The van der Waals surface area contributed by atoms with Crippen LogP contribution in [0.1, 0.15) is 18.1 Å². The number of hydrogen-bond acceptors (Lipinski definition) is 1. The quantitative estimate of drug-likeness (QED) is 0.868. The molecule has 0 fully saturated rings. The van der Waals surface area contributed by atoms with Gasteiger partial charge in [-0.3, -0.25) is 0 Å². The third kappa shape index (κ3) is 3.11. The number of rotatable bonds is 3. The molecule has 0 aliphatic carbocycles. The normalized spacial score (nSPS) is 14.1. The number of hydrogen-bond donors (Lipinski definition) is 1. The fraction of sp³-hybridized carbons (Fsp3) is 0.200. The van der Waals surface area contributed by atoms with Gasteiger partial charge in [0.15, 0.2) is 11.6 Å². The van der Waals surface area contributed by atoms with E-state index in [0.29, 0.717) is 15.6 Å². The predicted octanol–water partition coefficient (Wildman–Crippen LogP) is 4.72. The summed E-state index contributed by atoms with van der Waals surface area (Å²) in [6.45, 7) is 1.40. The average Bonchev–Trinajstić information content (AvgIpc) is 2.36. The van der Waals surface area contributed by atoms with Gasteiger partial charge >= 0.3 is 0 Å². The highest BCUT2D eigenvalue weighted by Crippen LogP contribution is 2.32. The minimum Gasteiger partial charge on any atom is -0.385 e. The summed E-state index contributed by atoms with van der Waals surface area (Å²) in [5.41, 5.74) is -1.15. The number of halogens is 4. The SMILES string of the molecule is CC(O)(Cc1cc(Cl)ccc1Cl)c1cccc(F)c1F. The summed E-state index contributed by atoms with van der Waals surface area (Å²) >= 11 is 11.9. The second kappa shape index (κ2) is 5.68. The molecule has 106 valence electrons. The highest BCUT2D eigenvalue weighted by atomic mass is 35.5. The van der Waals surface area contributed by atoms with Gasteiger partial charge in [-0.15, -0.1) is 0 Å². The first-order valence-corrected chi connectivity index (χ1v) is 6.67. The monoisotopic (exact) mass is 316 g/mol. The van der Waals surface area contributed by atoms with Crippen LogP contribution in [0.2, 0.25) is 10.0 Å². The van der Waals surface area contributed by atoms with Gasteiger partial charge in [0.1, 0.15) is 0 Å². The Bertz CT molecular complexity index is 642. The molecule has 0 saturated heterocycles. The van der Waals surface area contributed by atoms with Crippen LogP contribution in [0.15, 0.2) is 36.4 Å². The molecular formula is C15H12Cl2F2O. The lowest BCUT2D eigenvalue weighted by Gasteiger charge is -2.25. The molecule has 0 aliphatic heterocycles. The maximum absolute atomic E-state index is 13.8. The van der Waals surface area contributed by atoms with Gasteiger partial charge in [-0.05, 0) is 36.8 Å². The van der Waals surface area contributed by atoms with E-state index in [1.165, 1.54) is 19.1 Å². The van der Waals surface area contributed by atoms with Crippen molar-refractivity contribution in [3.63, 3.8) is 0 Å². The van der Waals surface area contributed by atoms with Crippen molar-refractivity contribution in [1.82, 2.24) is 0 Å². The number of aliphatic hydroxyl groups is 1. The summed E-state index contributed by atoms with van der Waals surface area (Å²) in [7, 11) is 0. The molecule has 2 aromatic carbocycles. The topological polar surface area (TPSA) is 20.2 Å². The summed E-state index contributed by atoms with van der Waals surface area (Å²) in [5, 5.41) is 11.3. The second-order valence-corrected chi connectivity index (χ2v) is 5.63. The van der Waals surface area contributed by atoms with Crippen molar-refractivity contribution in [2.24, 2.45) is 0 Å². The standard InChI is InChI=1S/C15H12Cl2F2O/c1-15(20,11-3-2-4-13(18)14(11)19)8-9-7-10(16)5-6-12(9)17/h2-7,20H,8H2,1H3. The highest BCUT2D eigenvalue weighted by molar-refractivity contribution is 6.33. The van der Waals surface area contributed by atoms with Crippen LogP contribution in [0.25, 0.3) is 0 Å². The molecule has 0 amide bonds. The minimum absolute atomic E-state index is 0.0206. The van der Waals surface area contributed by atoms with Gasteiger partial charge in [0.2, 0.25) is 0 Å². The predicted molar refractivity (Wildman–Crippen MR) is 76.1 cm³/mol. The van der Waals surface area contributed by atoms with Gasteiger partial charge in [-0.1, -0.05) is 35.3 Å². The van der Waals surface area contributed by atoms with Crippen LogP contribution >= 0.6 is 23.2 Å². The van der Waals surface area contributed by atoms with Gasteiger partial charge in [0.05, 0.1) is 5.60 Å². The van der Waals surface area contributed by atoms with E-state index in [-0.39, 0.29) is 12.0 Å². The van der Waals surface area contributed by atoms with Crippen LogP contribution in [0.5, 0.6) is 0 Å². The Kier molecular flexibility index (Phi) is 4.33. The fourth-order valence-electron chi connectivity index (χ4n) is 2.06. The largest absolute Gasteiger partial charge is 0.385 e. The summed E-state index contributed by atoms with van der Waals surface area (Å²) < 4.78 is 27.0. The van der Waals surface area contributed by atoms with Crippen LogP contribution in [0, 0.1) is 11.6 Å². The second-order valence-electron chi connectivity index (χ2n) is 4.79. The zero-order valence-corrected chi connectivity index (χ0v) is 12.1. The Labute approximate surface area is 125 Å². The smallest absolute Gasteiger partial charge is 0.164 e. The molecule has 1 nitrogen and oxygen atoms in total. The van der Waals surface area contributed by atoms with Gasteiger partial charge < -0.3 is 5.11 Å². The first-order chi connectivity index (χ1) is 9.31. The lowest BCUT2D eigenvalue weighted by molar-refractivity contribution is 0.0530. The van der Waals surface area contributed by atoms with E-state index >= 15 is 0 Å². The van der Waals surface area contributed by atoms with Gasteiger partial charge in [-0.25, -0.2) is 8.78 Å². The molecule has 0 bridgehead atoms. The highest BCUT2D eigenvalue weighted by Gasteiger charge is 2.29. The van der Waals surface area contributed by atoms with Crippen molar-refractivity contribution in [3.8, 4) is 0 Å². The molecule has 1 unspecified atom stereocenters. The van der Waals surface area contributed by atoms with Gasteiger partial charge in [0.25, 0.3) is 0 Å². The minimum atomic E-state index is -1.60. The van der Waals surface area contributed by atoms with E-state index in [9.17, 15) is 13.9 Å². The third-order valence-electron chi connectivity index (χ3n) is 3.07. The molecule has 2 rings (SSSR count). The van der Waals surface area contributed by atoms with E-state index in [0.717, 1.165) is 6.07 Å². The molecule has 0 heterocycles. The number of benzene rings is 2. The summed E-state index contributed by atoms with van der Waals surface area (Å²) in [5.74, 6) is -2.06. The average molecular weight is 317 g/mol. The van der Waals surface area contributed by atoms with Crippen molar-refractivity contribution in [2.75, 3.05) is 0 Å². The molecule has 5 heteroatoms. The Morgan fingerprint density at radius 1 is 1.15 bits per heavy atom. The van der Waals surface area contributed by atoms with E-state index in [4.69, 9.17) is 23.2 Å². The van der Waals surface area contributed by atoms with Crippen LogP contribution in [-0.4, -0.2) is 5.11 Å². The Balaban J connectivity index is 2.40. The third-order valence-corrected chi connectivity index (χ3v) is 3.68. The Hall–Kier alpha value is -1.16. The molecule has 0 saturated carbocycles. The summed E-state index contributed by atoms with van der Waals surface area (Å²) in [6.07, 6.45) is 0.0206. The van der Waals surface area contributed by atoms with Crippen molar-refractivity contribution < 1.29 is 13.9 Å². The van der Waals surface area contributed by atoms with Crippen LogP contribution in [0.3, 0.4) is 0 Å². The van der Waals surface area contributed by atoms with Crippen molar-refractivity contribution >= 4 is 23.2 Å². The fourth-order valence-corrected chi connectivity index (χ4v) is 2.44. The van der Waals surface area contributed by atoms with Crippen molar-refractivity contribution in [3.05, 3.63) is 69.2 Å². The van der Waals surface area contributed by atoms with E-state index < -0.39 is 17.2 Å². The van der Waals surface area contributed by atoms with Crippen LogP contribution in [0.4, 0.5) is 8.78 Å². The van der Waals surface area contributed by atoms with Gasteiger partial charge in [0, 0.05) is 22.0 Å². The molecule has 20 heavy (non-hydrogen) atoms. The van der Waals surface area contributed by atoms with Crippen molar-refractivity contribution in [2.45, 2.75) is 18.9 Å². The van der Waals surface area contributed by atoms with E-state index in [1.807, 2.05) is 0 Å². The van der Waals surface area contributed by atoms with Gasteiger partial charge in [-0.2, -0.15) is 0 Å². The first-order valence-electron chi connectivity index (χ1n) is 5.92. The lowest BCUT2D eigenvalue weighted by Crippen LogP contribution is -2.26. The van der Waals surface area contributed by atoms with Crippen LogP contribution < -0.4 is 0 Å². The Morgan fingerprint density at radius 2 is 1.85 bits per heavy atom. The molecule has 0 spiro atoms. The molecule has 0 aliphatic rings. The zero-order chi connectivity index (χ0) is 14.9. The molecule has 2 aromatic rings.